The van der Waals surface area contributed by atoms with Crippen molar-refractivity contribution >= 4 is 17.5 Å². The van der Waals surface area contributed by atoms with Crippen molar-refractivity contribution in [2.24, 2.45) is 0 Å². The molecule has 0 aromatic heterocycles. The van der Waals surface area contributed by atoms with Crippen LogP contribution in [0, 0.1) is 12.7 Å². The lowest BCUT2D eigenvalue weighted by Gasteiger charge is -2.42. The molecule has 6 heteroatoms. The highest BCUT2D eigenvalue weighted by Crippen LogP contribution is 2.37. The van der Waals surface area contributed by atoms with Gasteiger partial charge in [-0.1, -0.05) is 29.8 Å². The number of hydrogen-bond donors (Lipinski definition) is 0. The zero-order valence-electron chi connectivity index (χ0n) is 16.6. The number of amides is 2. The first-order valence-corrected chi connectivity index (χ1v) is 10.00. The van der Waals surface area contributed by atoms with Gasteiger partial charge in [0, 0.05) is 32.0 Å². The highest BCUT2D eigenvalue weighted by molar-refractivity contribution is 5.99. The summed E-state index contributed by atoms with van der Waals surface area (Å²) in [6.45, 7) is 3.82. The molecule has 0 bridgehead atoms. The molecule has 0 saturated carbocycles. The molecule has 2 aliphatic rings. The molecule has 4 rings (SSSR count). The van der Waals surface area contributed by atoms with Gasteiger partial charge in [-0.3, -0.25) is 9.59 Å². The zero-order valence-corrected chi connectivity index (χ0v) is 16.6. The largest absolute Gasteiger partial charge is 0.381 e. The molecule has 0 atom stereocenters. The van der Waals surface area contributed by atoms with Crippen molar-refractivity contribution in [1.82, 2.24) is 4.90 Å². The molecule has 2 amide bonds. The van der Waals surface area contributed by atoms with Gasteiger partial charge in [0.05, 0.1) is 5.41 Å². The monoisotopic (exact) mass is 396 g/mol. The van der Waals surface area contributed by atoms with Crippen molar-refractivity contribution < 1.29 is 18.7 Å². The van der Waals surface area contributed by atoms with Crippen molar-refractivity contribution in [3.63, 3.8) is 0 Å². The minimum atomic E-state index is -0.841. The minimum absolute atomic E-state index is 0.0324. The number of piperazine rings is 1. The molecule has 2 fully saturated rings. The summed E-state index contributed by atoms with van der Waals surface area (Å²) < 4.78 is 19.4. The van der Waals surface area contributed by atoms with Crippen molar-refractivity contribution in [3.05, 3.63) is 65.5 Å². The predicted molar refractivity (Wildman–Crippen MR) is 108 cm³/mol. The number of aryl methyl sites for hydroxylation is 1. The van der Waals surface area contributed by atoms with Gasteiger partial charge < -0.3 is 14.5 Å². The van der Waals surface area contributed by atoms with Gasteiger partial charge in [-0.15, -0.1) is 0 Å². The Labute approximate surface area is 170 Å². The second-order valence-corrected chi connectivity index (χ2v) is 7.81. The molecular formula is C23H25FN2O3. The van der Waals surface area contributed by atoms with E-state index in [4.69, 9.17) is 4.74 Å². The second kappa shape index (κ2) is 7.95. The van der Waals surface area contributed by atoms with Gasteiger partial charge in [-0.25, -0.2) is 4.39 Å². The number of ether oxygens (including phenoxy) is 1. The van der Waals surface area contributed by atoms with Crippen LogP contribution >= 0.6 is 0 Å². The number of nitrogens with zero attached hydrogens (tertiary/aromatic N) is 2. The van der Waals surface area contributed by atoms with Crippen LogP contribution in [0.5, 0.6) is 0 Å². The van der Waals surface area contributed by atoms with Crippen LogP contribution < -0.4 is 4.90 Å². The average Bonchev–Trinajstić information content (AvgIpc) is 2.74. The molecule has 2 aromatic rings. The molecule has 0 aliphatic carbocycles. The number of carbonyl (C=O) groups is 2. The van der Waals surface area contributed by atoms with Crippen molar-refractivity contribution in [2.75, 3.05) is 37.7 Å². The maximum Gasteiger partial charge on any atom is 0.246 e. The van der Waals surface area contributed by atoms with E-state index in [2.05, 4.69) is 0 Å². The number of benzene rings is 2. The lowest BCUT2D eigenvalue weighted by molar-refractivity contribution is -0.145. The van der Waals surface area contributed by atoms with Gasteiger partial charge >= 0.3 is 0 Å². The van der Waals surface area contributed by atoms with Gasteiger partial charge in [0.2, 0.25) is 11.8 Å². The normalized spacial score (nSPS) is 19.3. The molecule has 2 saturated heterocycles. The van der Waals surface area contributed by atoms with Gasteiger partial charge in [0.15, 0.2) is 0 Å². The SMILES string of the molecule is Cc1ccc(N2CCN(C(=O)C3(c4cccc(F)c4)CCOCC3)CC2=O)cc1. The quantitative estimate of drug-likeness (QED) is 0.801. The Morgan fingerprint density at radius 3 is 2.45 bits per heavy atom. The van der Waals surface area contributed by atoms with Gasteiger partial charge in [0.1, 0.15) is 12.4 Å². The average molecular weight is 396 g/mol. The van der Waals surface area contributed by atoms with E-state index in [1.165, 1.54) is 12.1 Å². The van der Waals surface area contributed by atoms with Crippen LogP contribution in [0.1, 0.15) is 24.0 Å². The third-order valence-electron chi connectivity index (χ3n) is 5.99. The van der Waals surface area contributed by atoms with E-state index in [-0.39, 0.29) is 24.2 Å². The summed E-state index contributed by atoms with van der Waals surface area (Å²) in [5, 5.41) is 0. The Hall–Kier alpha value is -2.73. The Morgan fingerprint density at radius 1 is 1.07 bits per heavy atom. The summed E-state index contributed by atoms with van der Waals surface area (Å²) in [6, 6.07) is 14.1. The number of hydrogen-bond acceptors (Lipinski definition) is 3. The fourth-order valence-corrected chi connectivity index (χ4v) is 4.28. The van der Waals surface area contributed by atoms with Crippen LogP contribution in [0.2, 0.25) is 0 Å². The lowest BCUT2D eigenvalue weighted by atomic mass is 9.73. The van der Waals surface area contributed by atoms with E-state index in [1.807, 2.05) is 31.2 Å². The van der Waals surface area contributed by atoms with E-state index < -0.39 is 5.41 Å². The summed E-state index contributed by atoms with van der Waals surface area (Å²) in [4.78, 5) is 29.8. The number of carbonyl (C=O) groups excluding carboxylic acids is 2. The summed E-state index contributed by atoms with van der Waals surface area (Å²) in [6.07, 6.45) is 0.976. The van der Waals surface area contributed by atoms with Crippen molar-refractivity contribution in [3.8, 4) is 0 Å². The van der Waals surface area contributed by atoms with Crippen molar-refractivity contribution in [1.29, 1.82) is 0 Å². The Bertz CT molecular complexity index is 907. The molecule has 0 radical (unpaired) electrons. The number of anilines is 1. The van der Waals surface area contributed by atoms with E-state index in [9.17, 15) is 14.0 Å². The molecule has 152 valence electrons. The first-order chi connectivity index (χ1) is 14.0. The highest BCUT2D eigenvalue weighted by Gasteiger charge is 2.45. The van der Waals surface area contributed by atoms with E-state index in [0.717, 1.165) is 11.3 Å². The van der Waals surface area contributed by atoms with E-state index in [0.29, 0.717) is 44.7 Å². The zero-order chi connectivity index (χ0) is 20.4. The Morgan fingerprint density at radius 2 is 1.79 bits per heavy atom. The summed E-state index contributed by atoms with van der Waals surface area (Å²) in [7, 11) is 0. The number of halogens is 1. The van der Waals surface area contributed by atoms with Crippen LogP contribution in [0.4, 0.5) is 10.1 Å². The lowest BCUT2D eigenvalue weighted by Crippen LogP contribution is -2.58. The molecule has 0 N–H and O–H groups in total. The minimum Gasteiger partial charge on any atom is -0.381 e. The van der Waals surface area contributed by atoms with Crippen LogP contribution in [0.25, 0.3) is 0 Å². The second-order valence-electron chi connectivity index (χ2n) is 7.81. The Kier molecular flexibility index (Phi) is 5.37. The fraction of sp³-hybridized carbons (Fsp3) is 0.391. The maximum absolute atomic E-state index is 13.9. The molecular weight excluding hydrogens is 371 g/mol. The van der Waals surface area contributed by atoms with E-state index in [1.54, 1.807) is 21.9 Å². The van der Waals surface area contributed by atoms with Gasteiger partial charge in [-0.2, -0.15) is 0 Å². The van der Waals surface area contributed by atoms with Crippen LogP contribution in [0.15, 0.2) is 48.5 Å². The van der Waals surface area contributed by atoms with Gasteiger partial charge in [-0.05, 0) is 49.6 Å². The van der Waals surface area contributed by atoms with Crippen molar-refractivity contribution in [2.45, 2.75) is 25.2 Å². The molecule has 5 nitrogen and oxygen atoms in total. The first-order valence-electron chi connectivity index (χ1n) is 10.00. The van der Waals surface area contributed by atoms with Crippen LogP contribution in [0.3, 0.4) is 0 Å². The van der Waals surface area contributed by atoms with E-state index >= 15 is 0 Å². The third kappa shape index (κ3) is 3.77. The number of rotatable bonds is 3. The third-order valence-corrected chi connectivity index (χ3v) is 5.99. The maximum atomic E-state index is 13.9. The molecule has 29 heavy (non-hydrogen) atoms. The van der Waals surface area contributed by atoms with Crippen LogP contribution in [-0.2, 0) is 19.7 Å². The molecule has 2 aromatic carbocycles. The smallest absolute Gasteiger partial charge is 0.246 e. The summed E-state index contributed by atoms with van der Waals surface area (Å²) in [5.74, 6) is -0.570. The standard InChI is InChI=1S/C23H25FN2O3/c1-17-5-7-20(8-6-17)26-12-11-25(16-21(26)27)22(28)23(9-13-29-14-10-23)18-3-2-4-19(24)15-18/h2-8,15H,9-14,16H2,1H3. The topological polar surface area (TPSA) is 49.9 Å². The fourth-order valence-electron chi connectivity index (χ4n) is 4.28. The van der Waals surface area contributed by atoms with Gasteiger partial charge in [0.25, 0.3) is 0 Å². The molecule has 2 heterocycles. The molecule has 2 aliphatic heterocycles. The molecule has 0 spiro atoms. The molecule has 0 unspecified atom stereocenters. The summed E-state index contributed by atoms with van der Waals surface area (Å²) >= 11 is 0. The highest BCUT2D eigenvalue weighted by atomic mass is 19.1. The Balaban J connectivity index is 1.56. The predicted octanol–water partition coefficient (Wildman–Crippen LogP) is 3.06. The first kappa shape index (κ1) is 19.6. The summed E-state index contributed by atoms with van der Waals surface area (Å²) in [5.41, 5.74) is 1.80. The van der Waals surface area contributed by atoms with Crippen LogP contribution in [-0.4, -0.2) is 49.6 Å².